The number of nitrogens with one attached hydrogen (secondary N) is 1. The van der Waals surface area contributed by atoms with Crippen molar-refractivity contribution in [3.05, 3.63) is 35.6 Å². The van der Waals surface area contributed by atoms with Gasteiger partial charge in [0.2, 0.25) is 0 Å². The maximum Gasteiger partial charge on any atom is 0.411 e. The molecule has 2 amide bonds. The van der Waals surface area contributed by atoms with Gasteiger partial charge in [-0.05, 0) is 78.0 Å². The zero-order chi connectivity index (χ0) is 21.4. The number of hydrogen-bond acceptors (Lipinski definition) is 4. The molecule has 1 heterocycles. The van der Waals surface area contributed by atoms with Crippen LogP contribution in [0.4, 0.5) is 14.0 Å². The van der Waals surface area contributed by atoms with Crippen molar-refractivity contribution < 1.29 is 23.5 Å². The molecule has 1 N–H and O–H groups in total. The standard InChI is InChI=1S/C22H31FN2O4/c1-21(2,3)28-19(26)24-16-10-12-17(13-11-16)25-18(22(4,5)29-20(25)27)14-6-8-15(23)9-7-14/h6-9,16-18H,10-13H2,1-5H3,(H,24,26). The molecule has 6 nitrogen and oxygen atoms in total. The largest absolute Gasteiger partial charge is 0.444 e. The topological polar surface area (TPSA) is 67.9 Å². The zero-order valence-corrected chi connectivity index (χ0v) is 17.8. The van der Waals surface area contributed by atoms with E-state index in [9.17, 15) is 14.0 Å². The first kappa shape index (κ1) is 21.4. The summed E-state index contributed by atoms with van der Waals surface area (Å²) in [6.45, 7) is 9.27. The number of hydrogen-bond donors (Lipinski definition) is 1. The molecule has 3 rings (SSSR count). The number of rotatable bonds is 3. The minimum Gasteiger partial charge on any atom is -0.444 e. The summed E-state index contributed by atoms with van der Waals surface area (Å²) in [4.78, 5) is 26.5. The highest BCUT2D eigenvalue weighted by Crippen LogP contribution is 2.44. The van der Waals surface area contributed by atoms with Gasteiger partial charge in [0.1, 0.15) is 17.0 Å². The summed E-state index contributed by atoms with van der Waals surface area (Å²) >= 11 is 0. The van der Waals surface area contributed by atoms with Gasteiger partial charge in [-0.3, -0.25) is 4.90 Å². The van der Waals surface area contributed by atoms with Crippen LogP contribution in [-0.4, -0.2) is 40.4 Å². The predicted octanol–water partition coefficient (Wildman–Crippen LogP) is 4.93. The lowest BCUT2D eigenvalue weighted by atomic mass is 9.86. The molecule has 1 saturated heterocycles. The van der Waals surface area contributed by atoms with Gasteiger partial charge in [0.05, 0.1) is 6.04 Å². The molecule has 1 aliphatic heterocycles. The number of nitrogens with zero attached hydrogens (tertiary/aromatic N) is 1. The first-order chi connectivity index (χ1) is 13.5. The third kappa shape index (κ3) is 5.00. The summed E-state index contributed by atoms with van der Waals surface area (Å²) in [5.41, 5.74) is -0.383. The minimum atomic E-state index is -0.708. The molecule has 7 heteroatoms. The number of cyclic esters (lactones) is 1. The van der Waals surface area contributed by atoms with Gasteiger partial charge in [0.25, 0.3) is 0 Å². The molecule has 0 radical (unpaired) electrons. The van der Waals surface area contributed by atoms with Gasteiger partial charge in [0, 0.05) is 12.1 Å². The molecule has 2 aliphatic rings. The fraction of sp³-hybridized carbons (Fsp3) is 0.636. The second-order valence-corrected chi connectivity index (χ2v) is 9.48. The molecule has 0 spiro atoms. The van der Waals surface area contributed by atoms with Gasteiger partial charge in [-0.2, -0.15) is 0 Å². The van der Waals surface area contributed by atoms with E-state index >= 15 is 0 Å². The van der Waals surface area contributed by atoms with Crippen molar-refractivity contribution in [1.29, 1.82) is 0 Å². The molecule has 1 aliphatic carbocycles. The van der Waals surface area contributed by atoms with Crippen LogP contribution in [0.3, 0.4) is 0 Å². The van der Waals surface area contributed by atoms with Gasteiger partial charge in [-0.1, -0.05) is 12.1 Å². The van der Waals surface area contributed by atoms with Crippen LogP contribution in [0.15, 0.2) is 24.3 Å². The molecule has 1 aromatic carbocycles. The third-order valence-electron chi connectivity index (χ3n) is 5.49. The SMILES string of the molecule is CC(C)(C)OC(=O)NC1CCC(N2C(=O)OC(C)(C)C2c2ccc(F)cc2)CC1. The van der Waals surface area contributed by atoms with Gasteiger partial charge in [-0.25, -0.2) is 14.0 Å². The van der Waals surface area contributed by atoms with E-state index in [1.165, 1.54) is 12.1 Å². The molecule has 2 fully saturated rings. The summed E-state index contributed by atoms with van der Waals surface area (Å²) in [7, 11) is 0. The third-order valence-corrected chi connectivity index (χ3v) is 5.49. The molecule has 0 aromatic heterocycles. The lowest BCUT2D eigenvalue weighted by Gasteiger charge is -2.38. The van der Waals surface area contributed by atoms with Crippen LogP contribution in [0.5, 0.6) is 0 Å². The van der Waals surface area contributed by atoms with E-state index in [0.717, 1.165) is 31.2 Å². The second-order valence-electron chi connectivity index (χ2n) is 9.48. The van der Waals surface area contributed by atoms with Crippen LogP contribution >= 0.6 is 0 Å². The summed E-state index contributed by atoms with van der Waals surface area (Å²) < 4.78 is 24.4. The number of alkyl carbamates (subject to hydrolysis) is 1. The molecule has 29 heavy (non-hydrogen) atoms. The van der Waals surface area contributed by atoms with E-state index in [-0.39, 0.29) is 30.0 Å². The number of halogens is 1. The molecule has 1 saturated carbocycles. The highest BCUT2D eigenvalue weighted by atomic mass is 19.1. The Morgan fingerprint density at radius 2 is 1.76 bits per heavy atom. The van der Waals surface area contributed by atoms with Crippen LogP contribution in [0.1, 0.15) is 71.9 Å². The number of ether oxygens (including phenoxy) is 2. The van der Waals surface area contributed by atoms with Crippen molar-refractivity contribution in [1.82, 2.24) is 10.2 Å². The predicted molar refractivity (Wildman–Crippen MR) is 107 cm³/mol. The summed E-state index contributed by atoms with van der Waals surface area (Å²) in [6, 6.07) is 6.00. The summed E-state index contributed by atoms with van der Waals surface area (Å²) in [6.07, 6.45) is 2.26. The van der Waals surface area contributed by atoms with E-state index in [0.29, 0.717) is 0 Å². The monoisotopic (exact) mass is 406 g/mol. The summed E-state index contributed by atoms with van der Waals surface area (Å²) in [5, 5.41) is 2.93. The van der Waals surface area contributed by atoms with Gasteiger partial charge >= 0.3 is 12.2 Å². The first-order valence-electron chi connectivity index (χ1n) is 10.2. The Kier molecular flexibility index (Phi) is 5.79. The van der Waals surface area contributed by atoms with Gasteiger partial charge < -0.3 is 14.8 Å². The van der Waals surface area contributed by atoms with E-state index in [1.807, 2.05) is 34.6 Å². The van der Waals surface area contributed by atoms with Crippen molar-refractivity contribution in [3.8, 4) is 0 Å². The molecular weight excluding hydrogens is 375 g/mol. The number of carbonyl (C=O) groups excluding carboxylic acids is 2. The van der Waals surface area contributed by atoms with Crippen LogP contribution in [0.25, 0.3) is 0 Å². The molecule has 1 atom stereocenters. The average Bonchev–Trinajstić information content (AvgIpc) is 2.83. The molecule has 160 valence electrons. The van der Waals surface area contributed by atoms with E-state index in [4.69, 9.17) is 9.47 Å². The van der Waals surface area contributed by atoms with E-state index in [2.05, 4.69) is 5.32 Å². The quantitative estimate of drug-likeness (QED) is 0.773. The minimum absolute atomic E-state index is 0.0102. The smallest absolute Gasteiger partial charge is 0.411 e. The fourth-order valence-corrected chi connectivity index (χ4v) is 4.31. The first-order valence-corrected chi connectivity index (χ1v) is 10.2. The van der Waals surface area contributed by atoms with Gasteiger partial charge in [-0.15, -0.1) is 0 Å². The van der Waals surface area contributed by atoms with Crippen molar-refractivity contribution in [3.63, 3.8) is 0 Å². The Hall–Kier alpha value is -2.31. The van der Waals surface area contributed by atoms with Crippen LogP contribution in [-0.2, 0) is 9.47 Å². The van der Waals surface area contributed by atoms with Crippen molar-refractivity contribution in [2.24, 2.45) is 0 Å². The lowest BCUT2D eigenvalue weighted by molar-refractivity contribution is 0.0476. The Labute approximate surface area is 171 Å². The molecule has 1 aromatic rings. The average molecular weight is 406 g/mol. The lowest BCUT2D eigenvalue weighted by Crippen LogP contribution is -2.47. The van der Waals surface area contributed by atoms with E-state index < -0.39 is 17.3 Å². The number of carbonyl (C=O) groups is 2. The Morgan fingerprint density at radius 3 is 2.31 bits per heavy atom. The van der Waals surface area contributed by atoms with Crippen molar-refractivity contribution >= 4 is 12.2 Å². The Bertz CT molecular complexity index is 749. The van der Waals surface area contributed by atoms with E-state index in [1.54, 1.807) is 17.0 Å². The Morgan fingerprint density at radius 1 is 1.17 bits per heavy atom. The second kappa shape index (κ2) is 7.84. The van der Waals surface area contributed by atoms with Crippen LogP contribution < -0.4 is 5.32 Å². The highest BCUT2D eigenvalue weighted by Gasteiger charge is 2.51. The number of amides is 2. The molecular formula is C22H31FN2O4. The van der Waals surface area contributed by atoms with Crippen molar-refractivity contribution in [2.45, 2.75) is 89.6 Å². The van der Waals surface area contributed by atoms with Crippen molar-refractivity contribution in [2.75, 3.05) is 0 Å². The normalized spacial score (nSPS) is 26.8. The van der Waals surface area contributed by atoms with Crippen LogP contribution in [0, 0.1) is 5.82 Å². The number of benzene rings is 1. The maximum atomic E-state index is 13.4. The Balaban J connectivity index is 1.67. The molecule has 0 bridgehead atoms. The van der Waals surface area contributed by atoms with Crippen LogP contribution in [0.2, 0.25) is 0 Å². The highest BCUT2D eigenvalue weighted by molar-refractivity contribution is 5.72. The zero-order valence-electron chi connectivity index (χ0n) is 17.8. The maximum absolute atomic E-state index is 13.4. The fourth-order valence-electron chi connectivity index (χ4n) is 4.31. The molecule has 1 unspecified atom stereocenters. The summed E-state index contributed by atoms with van der Waals surface area (Å²) in [5.74, 6) is -0.308. The van der Waals surface area contributed by atoms with Gasteiger partial charge in [0.15, 0.2) is 0 Å².